The molecule has 0 aromatic heterocycles. The summed E-state index contributed by atoms with van der Waals surface area (Å²) in [5.74, 6) is 0.602. The summed E-state index contributed by atoms with van der Waals surface area (Å²) in [4.78, 5) is 19.9. The van der Waals surface area contributed by atoms with Crippen LogP contribution in [-0.2, 0) is 9.59 Å². The third-order valence-electron chi connectivity index (χ3n) is 0.662. The molecule has 0 unspecified atom stereocenters. The summed E-state index contributed by atoms with van der Waals surface area (Å²) < 4.78 is 0. The number of amides is 1. The van der Waals surface area contributed by atoms with Crippen molar-refractivity contribution in [2.75, 3.05) is 12.3 Å². The summed E-state index contributed by atoms with van der Waals surface area (Å²) in [5.41, 5.74) is 0.766. The van der Waals surface area contributed by atoms with Gasteiger partial charge in [-0.3, -0.25) is 9.59 Å². The Hall–Kier alpha value is -0.510. The van der Waals surface area contributed by atoms with Crippen LogP contribution in [0, 0.1) is 0 Å². The van der Waals surface area contributed by atoms with Crippen molar-refractivity contribution in [3.63, 3.8) is 0 Å². The van der Waals surface area contributed by atoms with E-state index in [1.807, 2.05) is 0 Å². The van der Waals surface area contributed by atoms with Crippen LogP contribution >= 0.6 is 11.8 Å². The van der Waals surface area contributed by atoms with Crippen molar-refractivity contribution < 1.29 is 9.59 Å². The quantitative estimate of drug-likeness (QED) is 0.451. The van der Waals surface area contributed by atoms with Crippen molar-refractivity contribution in [3.8, 4) is 0 Å². The van der Waals surface area contributed by atoms with Gasteiger partial charge in [0.25, 0.3) is 0 Å². The number of carbonyl (C=O) groups excluding carboxylic acids is 2. The van der Waals surface area contributed by atoms with Crippen LogP contribution in [0.4, 0.5) is 0 Å². The fourth-order valence-corrected chi connectivity index (χ4v) is 0.650. The fourth-order valence-electron chi connectivity index (χ4n) is 0.334. The number of carbonyl (C=O) groups is 2. The van der Waals surface area contributed by atoms with E-state index >= 15 is 0 Å². The van der Waals surface area contributed by atoms with E-state index in [-0.39, 0.29) is 5.91 Å². The zero-order chi connectivity index (χ0) is 7.11. The van der Waals surface area contributed by atoms with Crippen molar-refractivity contribution in [2.24, 2.45) is 0 Å². The summed E-state index contributed by atoms with van der Waals surface area (Å²) in [7, 11) is 0. The Bertz CT molecular complexity index is 105. The van der Waals surface area contributed by atoms with E-state index in [4.69, 9.17) is 0 Å². The highest BCUT2D eigenvalue weighted by atomic mass is 32.2. The standard InChI is InChI=1S/C5H9NO2S/c1-5(8)6-2-3-9-4-7/h4H,2-3H2,1H3,(H,6,8). The van der Waals surface area contributed by atoms with Gasteiger partial charge in [-0.2, -0.15) is 0 Å². The van der Waals surface area contributed by atoms with Gasteiger partial charge in [0.05, 0.1) is 0 Å². The average molecular weight is 147 g/mol. The maximum atomic E-state index is 10.2. The van der Waals surface area contributed by atoms with Crippen LogP contribution in [0.5, 0.6) is 0 Å². The minimum atomic E-state index is -0.0542. The van der Waals surface area contributed by atoms with Crippen LogP contribution < -0.4 is 5.32 Å². The molecule has 0 heterocycles. The van der Waals surface area contributed by atoms with Crippen LogP contribution in [0.25, 0.3) is 0 Å². The molecule has 0 aromatic rings. The summed E-state index contributed by atoms with van der Waals surface area (Å²) in [6, 6.07) is 0. The highest BCUT2D eigenvalue weighted by molar-refractivity contribution is 8.11. The molecule has 0 fully saturated rings. The number of thioether (sulfide) groups is 1. The lowest BCUT2D eigenvalue weighted by molar-refractivity contribution is -0.118. The van der Waals surface area contributed by atoms with Crippen molar-refractivity contribution in [3.05, 3.63) is 0 Å². The highest BCUT2D eigenvalue weighted by Crippen LogP contribution is 1.88. The molecule has 0 spiro atoms. The van der Waals surface area contributed by atoms with Gasteiger partial charge in [-0.15, -0.1) is 0 Å². The van der Waals surface area contributed by atoms with E-state index in [0.717, 1.165) is 17.4 Å². The molecule has 0 saturated heterocycles. The maximum absolute atomic E-state index is 10.2. The molecular weight excluding hydrogens is 138 g/mol. The molecule has 4 heteroatoms. The van der Waals surface area contributed by atoms with Gasteiger partial charge in [-0.1, -0.05) is 11.8 Å². The van der Waals surface area contributed by atoms with Crippen molar-refractivity contribution in [1.82, 2.24) is 5.32 Å². The molecule has 1 amide bonds. The Morgan fingerprint density at radius 3 is 2.89 bits per heavy atom. The zero-order valence-corrected chi connectivity index (χ0v) is 6.03. The number of hydrogen-bond acceptors (Lipinski definition) is 3. The Labute approximate surface area is 58.2 Å². The van der Waals surface area contributed by atoms with Crippen molar-refractivity contribution in [1.29, 1.82) is 0 Å². The Morgan fingerprint density at radius 1 is 1.78 bits per heavy atom. The first-order chi connectivity index (χ1) is 4.27. The molecule has 0 aliphatic heterocycles. The Kier molecular flexibility index (Phi) is 5.30. The topological polar surface area (TPSA) is 46.2 Å². The molecule has 0 rings (SSSR count). The van der Waals surface area contributed by atoms with Crippen molar-refractivity contribution in [2.45, 2.75) is 6.92 Å². The average Bonchev–Trinajstić information content (AvgIpc) is 1.80. The lowest BCUT2D eigenvalue weighted by atomic mass is 10.6. The van der Waals surface area contributed by atoms with E-state index in [0.29, 0.717) is 12.3 Å². The first-order valence-corrected chi connectivity index (χ1v) is 3.62. The normalized spacial score (nSPS) is 8.56. The fraction of sp³-hybridized carbons (Fsp3) is 0.600. The molecule has 1 N–H and O–H groups in total. The minimum absolute atomic E-state index is 0.0542. The smallest absolute Gasteiger partial charge is 0.216 e. The predicted octanol–water partition coefficient (Wildman–Crippen LogP) is 0.0459. The van der Waals surface area contributed by atoms with Crippen LogP contribution in [0.1, 0.15) is 6.92 Å². The second-order valence-electron chi connectivity index (χ2n) is 1.45. The summed E-state index contributed by atoms with van der Waals surface area (Å²) >= 11 is 1.15. The molecule has 0 radical (unpaired) electrons. The van der Waals surface area contributed by atoms with Crippen LogP contribution in [0.3, 0.4) is 0 Å². The van der Waals surface area contributed by atoms with Crippen molar-refractivity contribution >= 4 is 23.3 Å². The first-order valence-electron chi connectivity index (χ1n) is 2.57. The summed E-state index contributed by atoms with van der Waals surface area (Å²) in [5, 5.41) is 2.56. The largest absolute Gasteiger partial charge is 0.356 e. The lowest BCUT2D eigenvalue weighted by Crippen LogP contribution is -2.22. The molecule has 0 saturated carbocycles. The summed E-state index contributed by atoms with van der Waals surface area (Å²) in [6.07, 6.45) is 0. The third-order valence-corrected chi connectivity index (χ3v) is 1.24. The molecule has 9 heavy (non-hydrogen) atoms. The van der Waals surface area contributed by atoms with E-state index in [9.17, 15) is 9.59 Å². The van der Waals surface area contributed by atoms with Gasteiger partial charge in [0.15, 0.2) is 5.62 Å². The van der Waals surface area contributed by atoms with E-state index in [1.54, 1.807) is 0 Å². The molecule has 0 atom stereocenters. The van der Waals surface area contributed by atoms with Gasteiger partial charge in [-0.05, 0) is 0 Å². The van der Waals surface area contributed by atoms with Gasteiger partial charge in [0, 0.05) is 19.2 Å². The van der Waals surface area contributed by atoms with Gasteiger partial charge in [0.2, 0.25) is 5.91 Å². The SMILES string of the molecule is CC(=O)NCCSC=O. The van der Waals surface area contributed by atoms with Gasteiger partial charge < -0.3 is 5.32 Å². The third kappa shape index (κ3) is 7.49. The molecule has 3 nitrogen and oxygen atoms in total. The van der Waals surface area contributed by atoms with Crippen LogP contribution in [0.2, 0.25) is 0 Å². The molecule has 0 aliphatic rings. The molecular formula is C5H9NO2S. The van der Waals surface area contributed by atoms with Gasteiger partial charge >= 0.3 is 0 Å². The minimum Gasteiger partial charge on any atom is -0.356 e. The van der Waals surface area contributed by atoms with Crippen LogP contribution in [0.15, 0.2) is 0 Å². The molecule has 0 bridgehead atoms. The van der Waals surface area contributed by atoms with E-state index in [1.165, 1.54) is 6.92 Å². The summed E-state index contributed by atoms with van der Waals surface area (Å²) in [6.45, 7) is 2.02. The predicted molar refractivity (Wildman–Crippen MR) is 37.9 cm³/mol. The molecule has 0 aromatic carbocycles. The number of hydrogen-bond donors (Lipinski definition) is 1. The monoisotopic (exact) mass is 147 g/mol. The van der Waals surface area contributed by atoms with Gasteiger partial charge in [-0.25, -0.2) is 0 Å². The Balaban J connectivity index is 2.91. The highest BCUT2D eigenvalue weighted by Gasteiger charge is 1.88. The van der Waals surface area contributed by atoms with Gasteiger partial charge in [0.1, 0.15) is 0 Å². The number of nitrogens with one attached hydrogen (secondary N) is 1. The maximum Gasteiger partial charge on any atom is 0.216 e. The molecule has 0 aliphatic carbocycles. The second-order valence-corrected chi connectivity index (χ2v) is 2.38. The number of rotatable bonds is 4. The first kappa shape index (κ1) is 8.49. The van der Waals surface area contributed by atoms with Crippen LogP contribution in [-0.4, -0.2) is 23.8 Å². The second kappa shape index (κ2) is 5.62. The van der Waals surface area contributed by atoms with E-state index in [2.05, 4.69) is 5.32 Å². The molecule has 52 valence electrons. The zero-order valence-electron chi connectivity index (χ0n) is 5.22. The Morgan fingerprint density at radius 2 is 2.44 bits per heavy atom. The van der Waals surface area contributed by atoms with E-state index < -0.39 is 0 Å². The lowest BCUT2D eigenvalue weighted by Gasteiger charge is -1.95.